The number of hydrogen-bond acceptors (Lipinski definition) is 5. The van der Waals surface area contributed by atoms with Gasteiger partial charge in [0, 0.05) is 41.3 Å². The Morgan fingerprint density at radius 1 is 1.12 bits per heavy atom. The number of nitrogens with one attached hydrogen (secondary N) is 1. The van der Waals surface area contributed by atoms with Gasteiger partial charge in [0.05, 0.1) is 6.61 Å². The Bertz CT molecular complexity index is 1600. The molecule has 0 bridgehead atoms. The SMILES string of the molecule is CC(C)CN(C)Cc1ccc2c(c1)C1(CCC(Nc3cccc(Cl)c3)(C(=O)O)CC1)C(C[C@@H](C)COc1ccnc3c1[C@H](C)CCC3)C2. The van der Waals surface area contributed by atoms with E-state index in [-0.39, 0.29) is 5.41 Å². The van der Waals surface area contributed by atoms with Crippen LogP contribution in [0.15, 0.2) is 54.7 Å². The van der Waals surface area contributed by atoms with Gasteiger partial charge in [-0.3, -0.25) is 4.98 Å². The van der Waals surface area contributed by atoms with E-state index in [2.05, 4.69) is 74.2 Å². The van der Waals surface area contributed by atoms with E-state index in [9.17, 15) is 9.90 Å². The lowest BCUT2D eigenvalue weighted by atomic mass is 9.59. The number of anilines is 1. The van der Waals surface area contributed by atoms with Crippen molar-refractivity contribution in [1.29, 1.82) is 0 Å². The van der Waals surface area contributed by atoms with Crippen LogP contribution < -0.4 is 10.1 Å². The van der Waals surface area contributed by atoms with Crippen LogP contribution >= 0.6 is 11.6 Å². The molecule has 3 aliphatic carbocycles. The number of aliphatic carboxylic acids is 1. The first-order chi connectivity index (χ1) is 23.0. The summed E-state index contributed by atoms with van der Waals surface area (Å²) in [5, 5.41) is 14.7. The third kappa shape index (κ3) is 7.26. The van der Waals surface area contributed by atoms with Gasteiger partial charge in [-0.25, -0.2) is 4.79 Å². The Kier molecular flexibility index (Phi) is 10.4. The molecule has 0 saturated heterocycles. The van der Waals surface area contributed by atoms with Gasteiger partial charge in [-0.15, -0.1) is 0 Å². The number of pyridine rings is 1. The normalized spacial score (nSPS) is 25.6. The highest BCUT2D eigenvalue weighted by atomic mass is 35.5. The molecule has 1 aromatic heterocycles. The zero-order valence-corrected chi connectivity index (χ0v) is 30.3. The maximum atomic E-state index is 13.0. The fourth-order valence-electron chi connectivity index (χ4n) is 9.24. The number of carboxylic acids is 1. The van der Waals surface area contributed by atoms with Gasteiger partial charge in [0.1, 0.15) is 11.3 Å². The van der Waals surface area contributed by atoms with Gasteiger partial charge in [0.25, 0.3) is 0 Å². The number of rotatable bonds is 12. The van der Waals surface area contributed by atoms with Crippen LogP contribution in [0.1, 0.15) is 107 Å². The molecule has 3 aromatic rings. The van der Waals surface area contributed by atoms with Crippen molar-refractivity contribution < 1.29 is 14.6 Å². The van der Waals surface area contributed by atoms with Gasteiger partial charge >= 0.3 is 5.97 Å². The van der Waals surface area contributed by atoms with E-state index in [1.165, 1.54) is 40.8 Å². The van der Waals surface area contributed by atoms with Crippen LogP contribution in [-0.2, 0) is 29.6 Å². The lowest BCUT2D eigenvalue weighted by Gasteiger charge is -2.47. The van der Waals surface area contributed by atoms with Gasteiger partial charge in [-0.2, -0.15) is 0 Å². The molecular formula is C41H54ClN3O3. The minimum atomic E-state index is -1.02. The summed E-state index contributed by atoms with van der Waals surface area (Å²) >= 11 is 6.29. The zero-order valence-electron chi connectivity index (χ0n) is 29.5. The number of halogens is 1. The second-order valence-electron chi connectivity index (χ2n) is 15.8. The molecule has 258 valence electrons. The molecule has 48 heavy (non-hydrogen) atoms. The second kappa shape index (κ2) is 14.4. The molecule has 6 rings (SSSR count). The first kappa shape index (κ1) is 34.8. The number of benzene rings is 2. The highest BCUT2D eigenvalue weighted by molar-refractivity contribution is 6.30. The third-order valence-electron chi connectivity index (χ3n) is 11.5. The molecule has 1 saturated carbocycles. The molecule has 3 aliphatic rings. The Labute approximate surface area is 292 Å². The van der Waals surface area contributed by atoms with E-state index in [0.29, 0.717) is 48.1 Å². The fourth-order valence-corrected chi connectivity index (χ4v) is 9.43. The molecule has 1 unspecified atom stereocenters. The van der Waals surface area contributed by atoms with Crippen molar-refractivity contribution in [1.82, 2.24) is 9.88 Å². The van der Waals surface area contributed by atoms with Gasteiger partial charge in [0.2, 0.25) is 0 Å². The molecule has 1 spiro atoms. The van der Waals surface area contributed by atoms with Crippen molar-refractivity contribution in [3.05, 3.63) is 87.7 Å². The average Bonchev–Trinajstić information content (AvgIpc) is 3.32. The molecule has 0 amide bonds. The molecule has 1 heterocycles. The van der Waals surface area contributed by atoms with Crippen LogP contribution in [-0.4, -0.2) is 46.7 Å². The first-order valence-electron chi connectivity index (χ1n) is 18.2. The molecule has 6 nitrogen and oxygen atoms in total. The number of aryl methyl sites for hydroxylation is 1. The highest BCUT2D eigenvalue weighted by Gasteiger charge is 2.54. The maximum Gasteiger partial charge on any atom is 0.329 e. The summed E-state index contributed by atoms with van der Waals surface area (Å²) in [6.45, 7) is 11.8. The van der Waals surface area contributed by atoms with Crippen LogP contribution in [0, 0.1) is 17.8 Å². The van der Waals surface area contributed by atoms with Gasteiger partial charge < -0.3 is 20.1 Å². The number of hydrogen-bond donors (Lipinski definition) is 2. The van der Waals surface area contributed by atoms with Gasteiger partial charge in [-0.1, -0.05) is 63.6 Å². The van der Waals surface area contributed by atoms with Crippen LogP contribution in [0.2, 0.25) is 5.02 Å². The van der Waals surface area contributed by atoms with Gasteiger partial charge in [0.15, 0.2) is 0 Å². The largest absolute Gasteiger partial charge is 0.493 e. The van der Waals surface area contributed by atoms with Crippen molar-refractivity contribution in [2.24, 2.45) is 17.8 Å². The van der Waals surface area contributed by atoms with E-state index in [1.54, 1.807) is 0 Å². The van der Waals surface area contributed by atoms with Crippen molar-refractivity contribution in [3.8, 4) is 5.75 Å². The Hall–Kier alpha value is -3.09. The van der Waals surface area contributed by atoms with Crippen LogP contribution in [0.5, 0.6) is 5.75 Å². The number of nitrogens with zero attached hydrogens (tertiary/aromatic N) is 2. The number of carboxylic acid groups (broad SMARTS) is 1. The Morgan fingerprint density at radius 3 is 2.65 bits per heavy atom. The number of fused-ring (bicyclic) bond motifs is 3. The monoisotopic (exact) mass is 671 g/mol. The van der Waals surface area contributed by atoms with Crippen molar-refractivity contribution >= 4 is 23.3 Å². The minimum absolute atomic E-state index is 0.0600. The van der Waals surface area contributed by atoms with Crippen LogP contribution in [0.25, 0.3) is 0 Å². The number of ether oxygens (including phenoxy) is 1. The minimum Gasteiger partial charge on any atom is -0.493 e. The third-order valence-corrected chi connectivity index (χ3v) is 11.7. The second-order valence-corrected chi connectivity index (χ2v) is 16.2. The van der Waals surface area contributed by atoms with E-state index in [4.69, 9.17) is 16.3 Å². The maximum absolute atomic E-state index is 13.0. The quantitative estimate of drug-likeness (QED) is 0.200. The molecule has 2 aromatic carbocycles. The van der Waals surface area contributed by atoms with E-state index < -0.39 is 11.5 Å². The summed E-state index contributed by atoms with van der Waals surface area (Å²) in [7, 11) is 2.21. The average molecular weight is 672 g/mol. The zero-order chi connectivity index (χ0) is 34.1. The van der Waals surface area contributed by atoms with Crippen molar-refractivity contribution in [2.45, 2.75) is 109 Å². The molecule has 2 N–H and O–H groups in total. The molecule has 0 aliphatic heterocycles. The lowest BCUT2D eigenvalue weighted by molar-refractivity contribution is -0.144. The first-order valence-corrected chi connectivity index (χ1v) is 18.5. The van der Waals surface area contributed by atoms with Gasteiger partial charge in [-0.05, 0) is 135 Å². The summed E-state index contributed by atoms with van der Waals surface area (Å²) in [6.07, 6.45) is 10.2. The number of carbonyl (C=O) groups is 1. The number of aromatic nitrogens is 1. The summed E-state index contributed by atoms with van der Waals surface area (Å²) in [5.74, 6) is 2.10. The van der Waals surface area contributed by atoms with E-state index in [0.717, 1.165) is 56.6 Å². The smallest absolute Gasteiger partial charge is 0.329 e. The van der Waals surface area contributed by atoms with Crippen LogP contribution in [0.3, 0.4) is 0 Å². The van der Waals surface area contributed by atoms with Crippen LogP contribution in [0.4, 0.5) is 5.69 Å². The van der Waals surface area contributed by atoms with Crippen molar-refractivity contribution in [3.63, 3.8) is 0 Å². The molecular weight excluding hydrogens is 618 g/mol. The summed E-state index contributed by atoms with van der Waals surface area (Å²) in [4.78, 5) is 20.0. The predicted molar refractivity (Wildman–Crippen MR) is 195 cm³/mol. The fraction of sp³-hybridized carbons (Fsp3) is 0.561. The molecule has 0 radical (unpaired) electrons. The van der Waals surface area contributed by atoms with E-state index >= 15 is 0 Å². The Morgan fingerprint density at radius 2 is 1.92 bits per heavy atom. The van der Waals surface area contributed by atoms with Crippen molar-refractivity contribution in [2.75, 3.05) is 25.5 Å². The summed E-state index contributed by atoms with van der Waals surface area (Å²) in [6, 6.07) is 16.6. The molecule has 3 atom stereocenters. The standard InChI is InChI=1S/C41H54ClN3O3/c1-27(2)24-45(5)25-30-12-13-31-22-32(20-28(3)26-48-37-14-19-43-36-11-6-8-29(4)38(36)37)40(35(31)21-30)15-17-41(18-16-40,39(46)47)44-34-10-7-9-33(42)23-34/h7,9-10,12-14,19,21,23,27-29,32,44H,6,8,11,15-18,20,22,24-26H2,1-5H3,(H,46,47)/t28-,29-,32?,40?,41?/m1/s1. The Balaban J connectivity index is 1.24. The summed E-state index contributed by atoms with van der Waals surface area (Å²) in [5.41, 5.74) is 6.42. The lowest BCUT2D eigenvalue weighted by Crippen LogP contribution is -2.53. The molecule has 1 fully saturated rings. The summed E-state index contributed by atoms with van der Waals surface area (Å²) < 4.78 is 6.59. The molecule has 7 heteroatoms. The predicted octanol–water partition coefficient (Wildman–Crippen LogP) is 9.29. The topological polar surface area (TPSA) is 74.7 Å². The highest BCUT2D eigenvalue weighted by Crippen LogP contribution is 2.56. The van der Waals surface area contributed by atoms with E-state index in [1.807, 2.05) is 30.5 Å².